The number of rotatable bonds is 3. The lowest BCUT2D eigenvalue weighted by atomic mass is 9.89. The number of aliphatic hydroxyl groups is 1. The second kappa shape index (κ2) is 6.56. The molecule has 0 bridgehead atoms. The Morgan fingerprint density at radius 2 is 1.86 bits per heavy atom. The summed E-state index contributed by atoms with van der Waals surface area (Å²) in [7, 11) is 3.13. The molecule has 1 aliphatic heterocycles. The number of aliphatic hydroxyl groups excluding tert-OH is 1. The maximum absolute atomic E-state index is 13.4. The smallest absolute Gasteiger partial charge is 0.204 e. The van der Waals surface area contributed by atoms with E-state index in [1.807, 2.05) is 0 Å². The van der Waals surface area contributed by atoms with Gasteiger partial charge in [-0.25, -0.2) is 0 Å². The van der Waals surface area contributed by atoms with Gasteiger partial charge in [0.2, 0.25) is 5.43 Å². The van der Waals surface area contributed by atoms with E-state index in [2.05, 4.69) is 0 Å². The summed E-state index contributed by atoms with van der Waals surface area (Å²) in [5.41, 5.74) is 1.16. The quantitative estimate of drug-likeness (QED) is 0.746. The fraction of sp³-hybridized carbons (Fsp3) is 0.318. The van der Waals surface area contributed by atoms with Crippen molar-refractivity contribution in [3.05, 3.63) is 52.4 Å². The van der Waals surface area contributed by atoms with Crippen LogP contribution in [-0.2, 0) is 6.42 Å². The van der Waals surface area contributed by atoms with Crippen LogP contribution in [0.1, 0.15) is 19.4 Å². The van der Waals surface area contributed by atoms with Crippen LogP contribution in [-0.4, -0.2) is 31.0 Å². The van der Waals surface area contributed by atoms with E-state index < -0.39 is 11.7 Å². The lowest BCUT2D eigenvalue weighted by Crippen LogP contribution is -2.46. The van der Waals surface area contributed by atoms with Gasteiger partial charge in [0, 0.05) is 18.1 Å². The van der Waals surface area contributed by atoms with Crippen molar-refractivity contribution in [3.8, 4) is 28.4 Å². The monoisotopic (exact) mass is 382 g/mol. The number of hydrogen-bond acceptors (Lipinski definition) is 6. The van der Waals surface area contributed by atoms with Gasteiger partial charge in [-0.05, 0) is 31.5 Å². The van der Waals surface area contributed by atoms with Crippen molar-refractivity contribution in [2.24, 2.45) is 0 Å². The van der Waals surface area contributed by atoms with Crippen LogP contribution < -0.4 is 19.6 Å². The molecule has 1 unspecified atom stereocenters. The minimum absolute atomic E-state index is 0.197. The molecule has 0 fully saturated rings. The van der Waals surface area contributed by atoms with E-state index in [0.29, 0.717) is 45.8 Å². The summed E-state index contributed by atoms with van der Waals surface area (Å²) < 4.78 is 22.5. The molecule has 2 heterocycles. The molecule has 1 N–H and O–H groups in total. The van der Waals surface area contributed by atoms with Crippen LogP contribution in [0.4, 0.5) is 0 Å². The maximum atomic E-state index is 13.4. The van der Waals surface area contributed by atoms with E-state index in [-0.39, 0.29) is 5.43 Å². The topological polar surface area (TPSA) is 78.1 Å². The Hall–Kier alpha value is -2.99. The molecule has 1 aromatic heterocycles. The molecule has 3 aromatic rings. The maximum Gasteiger partial charge on any atom is 0.204 e. The standard InChI is InChI=1S/C22H22O6/c1-22(2)18(23)9-14-16(26-4)10-17-19(21(14)28-22)20(24)15(11-27-17)12-5-7-13(25-3)8-6-12/h5-8,10-11,18,23H,9H2,1-4H3. The number of methoxy groups -OCH3 is 2. The SMILES string of the molecule is COc1ccc(-c2coc3cc(OC)c4c(c3c2=O)OC(C)(C)C(O)C4)cc1. The van der Waals surface area contributed by atoms with Crippen LogP contribution >= 0.6 is 0 Å². The van der Waals surface area contributed by atoms with Crippen LogP contribution in [0.5, 0.6) is 17.2 Å². The van der Waals surface area contributed by atoms with Crippen molar-refractivity contribution in [2.45, 2.75) is 32.0 Å². The third kappa shape index (κ3) is 2.81. The molecule has 4 rings (SSSR count). The Kier molecular flexibility index (Phi) is 4.31. The Balaban J connectivity index is 1.98. The van der Waals surface area contributed by atoms with Gasteiger partial charge in [-0.2, -0.15) is 0 Å². The molecular weight excluding hydrogens is 360 g/mol. The molecule has 146 valence electrons. The van der Waals surface area contributed by atoms with Crippen molar-refractivity contribution in [2.75, 3.05) is 14.2 Å². The number of fused-ring (bicyclic) bond motifs is 3. The Labute approximate surface area is 162 Å². The first-order valence-corrected chi connectivity index (χ1v) is 9.02. The fourth-order valence-corrected chi connectivity index (χ4v) is 3.50. The van der Waals surface area contributed by atoms with Gasteiger partial charge < -0.3 is 23.7 Å². The molecule has 6 nitrogen and oxygen atoms in total. The van der Waals surface area contributed by atoms with Gasteiger partial charge in [-0.3, -0.25) is 4.79 Å². The van der Waals surface area contributed by atoms with Gasteiger partial charge in [0.15, 0.2) is 0 Å². The summed E-state index contributed by atoms with van der Waals surface area (Å²) in [5, 5.41) is 10.8. The second-order valence-electron chi connectivity index (χ2n) is 7.39. The highest BCUT2D eigenvalue weighted by Crippen LogP contribution is 2.43. The molecule has 0 radical (unpaired) electrons. The lowest BCUT2D eigenvalue weighted by molar-refractivity contribution is -0.0406. The summed E-state index contributed by atoms with van der Waals surface area (Å²) >= 11 is 0. The number of hydrogen-bond donors (Lipinski definition) is 1. The van der Waals surface area contributed by atoms with Crippen LogP contribution in [0.15, 0.2) is 45.8 Å². The Morgan fingerprint density at radius 1 is 1.14 bits per heavy atom. The third-order valence-electron chi connectivity index (χ3n) is 5.27. The number of benzene rings is 2. The van der Waals surface area contributed by atoms with Crippen molar-refractivity contribution in [3.63, 3.8) is 0 Å². The first-order chi connectivity index (χ1) is 13.4. The van der Waals surface area contributed by atoms with Crippen LogP contribution in [0.3, 0.4) is 0 Å². The van der Waals surface area contributed by atoms with E-state index in [9.17, 15) is 9.90 Å². The van der Waals surface area contributed by atoms with Gasteiger partial charge in [0.25, 0.3) is 0 Å². The summed E-state index contributed by atoms with van der Waals surface area (Å²) in [5.74, 6) is 1.64. The average Bonchev–Trinajstić information content (AvgIpc) is 2.68. The molecule has 0 saturated heterocycles. The predicted octanol–water partition coefficient (Wildman–Crippen LogP) is 3.55. The Morgan fingerprint density at radius 3 is 2.50 bits per heavy atom. The van der Waals surface area contributed by atoms with E-state index in [4.69, 9.17) is 18.6 Å². The summed E-state index contributed by atoms with van der Waals surface area (Å²) in [6, 6.07) is 8.86. The molecule has 2 aromatic carbocycles. The minimum Gasteiger partial charge on any atom is -0.497 e. The average molecular weight is 382 g/mol. The van der Waals surface area contributed by atoms with E-state index >= 15 is 0 Å². The molecule has 0 amide bonds. The molecule has 0 aliphatic carbocycles. The van der Waals surface area contributed by atoms with Gasteiger partial charge in [-0.1, -0.05) is 12.1 Å². The molecule has 28 heavy (non-hydrogen) atoms. The molecule has 0 spiro atoms. The van der Waals surface area contributed by atoms with Gasteiger partial charge in [-0.15, -0.1) is 0 Å². The molecule has 1 atom stereocenters. The summed E-state index contributed by atoms with van der Waals surface area (Å²) in [4.78, 5) is 13.4. The zero-order chi connectivity index (χ0) is 20.1. The molecule has 1 aliphatic rings. The number of ether oxygens (including phenoxy) is 3. The van der Waals surface area contributed by atoms with E-state index in [1.165, 1.54) is 13.4 Å². The first-order valence-electron chi connectivity index (χ1n) is 9.02. The third-order valence-corrected chi connectivity index (χ3v) is 5.27. The first kappa shape index (κ1) is 18.4. The highest BCUT2D eigenvalue weighted by Gasteiger charge is 2.39. The van der Waals surface area contributed by atoms with Gasteiger partial charge >= 0.3 is 0 Å². The van der Waals surface area contributed by atoms with E-state index in [0.717, 1.165) is 5.56 Å². The van der Waals surface area contributed by atoms with Crippen molar-refractivity contribution < 1.29 is 23.7 Å². The minimum atomic E-state index is -0.838. The molecule has 0 saturated carbocycles. The fourth-order valence-electron chi connectivity index (χ4n) is 3.50. The lowest BCUT2D eigenvalue weighted by Gasteiger charge is -2.37. The highest BCUT2D eigenvalue weighted by molar-refractivity contribution is 5.90. The predicted molar refractivity (Wildman–Crippen MR) is 105 cm³/mol. The summed E-state index contributed by atoms with van der Waals surface area (Å²) in [6.45, 7) is 3.59. The normalized spacial score (nSPS) is 17.7. The highest BCUT2D eigenvalue weighted by atomic mass is 16.5. The van der Waals surface area contributed by atoms with E-state index in [1.54, 1.807) is 51.3 Å². The zero-order valence-electron chi connectivity index (χ0n) is 16.2. The zero-order valence-corrected chi connectivity index (χ0v) is 16.2. The van der Waals surface area contributed by atoms with Crippen LogP contribution in [0, 0.1) is 0 Å². The van der Waals surface area contributed by atoms with Crippen LogP contribution in [0.2, 0.25) is 0 Å². The van der Waals surface area contributed by atoms with Crippen molar-refractivity contribution in [1.29, 1.82) is 0 Å². The van der Waals surface area contributed by atoms with Crippen molar-refractivity contribution in [1.82, 2.24) is 0 Å². The Bertz CT molecular complexity index is 1090. The van der Waals surface area contributed by atoms with Gasteiger partial charge in [0.1, 0.15) is 40.1 Å². The largest absolute Gasteiger partial charge is 0.497 e. The van der Waals surface area contributed by atoms with Crippen molar-refractivity contribution >= 4 is 11.0 Å². The second-order valence-corrected chi connectivity index (χ2v) is 7.39. The van der Waals surface area contributed by atoms with Crippen LogP contribution in [0.25, 0.3) is 22.1 Å². The summed E-state index contributed by atoms with van der Waals surface area (Å²) in [6.07, 6.45) is 1.05. The molecular formula is C22H22O6. The molecule has 6 heteroatoms. The van der Waals surface area contributed by atoms with Gasteiger partial charge in [0.05, 0.1) is 25.9 Å².